The molecule has 1 heterocycles. The molecule has 0 aliphatic heterocycles. The van der Waals surface area contributed by atoms with E-state index in [0.717, 1.165) is 15.2 Å². The molecule has 3 rings (SSSR count). The molecule has 3 aromatic rings. The Hall–Kier alpha value is -2.64. The van der Waals surface area contributed by atoms with Crippen LogP contribution in [-0.2, 0) is 20.9 Å². The fraction of sp³-hybridized carbons (Fsp3) is 0.167. The van der Waals surface area contributed by atoms with Crippen LogP contribution in [-0.4, -0.2) is 30.0 Å². The molecule has 0 bridgehead atoms. The number of benzene rings is 2. The van der Waals surface area contributed by atoms with Gasteiger partial charge in [0.15, 0.2) is 12.4 Å². The Morgan fingerprint density at radius 1 is 1.04 bits per heavy atom. The Morgan fingerprint density at radius 3 is 2.56 bits per heavy atom. The summed E-state index contributed by atoms with van der Waals surface area (Å²) < 4.78 is 24.0. The molecule has 25 heavy (non-hydrogen) atoms. The van der Waals surface area contributed by atoms with Crippen molar-refractivity contribution in [3.05, 3.63) is 64.9 Å². The molecular formula is C18H14FNO4S. The molecule has 0 fully saturated rings. The Bertz CT molecular complexity index is 858. The minimum Gasteiger partial charge on any atom is -0.456 e. The van der Waals surface area contributed by atoms with Gasteiger partial charge in [-0.1, -0.05) is 12.1 Å². The molecule has 5 nitrogen and oxygen atoms in total. The molecule has 0 radical (unpaired) electrons. The summed E-state index contributed by atoms with van der Waals surface area (Å²) in [6.45, 7) is -0.484. The van der Waals surface area contributed by atoms with Crippen LogP contribution in [0.15, 0.2) is 48.5 Å². The first-order valence-corrected chi connectivity index (χ1v) is 8.30. The number of Topliss-reactive ketones (excluding diaryl/α,β-unsaturated/α-hetero) is 1. The number of halogens is 1. The number of hydrogen-bond donors (Lipinski definition) is 0. The first-order chi connectivity index (χ1) is 12.1. The number of ether oxygens (including phenoxy) is 2. The van der Waals surface area contributed by atoms with E-state index in [1.165, 1.54) is 35.6 Å². The largest absolute Gasteiger partial charge is 0.456 e. The highest BCUT2D eigenvalue weighted by Gasteiger charge is 2.11. The molecule has 0 N–H and O–H groups in total. The molecule has 128 valence electrons. The van der Waals surface area contributed by atoms with Gasteiger partial charge in [-0.3, -0.25) is 4.79 Å². The normalized spacial score (nSPS) is 10.8. The Labute approximate surface area is 147 Å². The molecular weight excluding hydrogens is 345 g/mol. The molecule has 0 aliphatic rings. The number of thiazole rings is 1. The zero-order valence-corrected chi connectivity index (χ0v) is 13.9. The van der Waals surface area contributed by atoms with Gasteiger partial charge in [0.1, 0.15) is 17.4 Å². The average Bonchev–Trinajstić information content (AvgIpc) is 3.03. The summed E-state index contributed by atoms with van der Waals surface area (Å²) in [5.41, 5.74) is 1.17. The lowest BCUT2D eigenvalue weighted by molar-refractivity contribution is -0.148. The molecule has 2 aromatic carbocycles. The Morgan fingerprint density at radius 2 is 1.80 bits per heavy atom. The number of ketones is 1. The molecule has 0 aliphatic carbocycles. The van der Waals surface area contributed by atoms with Crippen LogP contribution in [0.5, 0.6) is 0 Å². The van der Waals surface area contributed by atoms with E-state index in [1.807, 2.05) is 24.3 Å². The number of esters is 1. The van der Waals surface area contributed by atoms with E-state index in [4.69, 9.17) is 9.47 Å². The third-order valence-electron chi connectivity index (χ3n) is 3.31. The maximum Gasteiger partial charge on any atom is 0.332 e. The van der Waals surface area contributed by atoms with Crippen LogP contribution in [0.1, 0.15) is 15.4 Å². The van der Waals surface area contributed by atoms with Gasteiger partial charge < -0.3 is 9.47 Å². The van der Waals surface area contributed by atoms with E-state index >= 15 is 0 Å². The lowest BCUT2D eigenvalue weighted by Crippen LogP contribution is -2.18. The molecule has 0 saturated heterocycles. The number of aromatic nitrogens is 1. The second-order valence-electron chi connectivity index (χ2n) is 5.16. The summed E-state index contributed by atoms with van der Waals surface area (Å²) in [6, 6.07) is 12.7. The van der Waals surface area contributed by atoms with Gasteiger partial charge in [-0.2, -0.15) is 0 Å². The molecule has 0 saturated carbocycles. The van der Waals surface area contributed by atoms with Crippen LogP contribution in [0.4, 0.5) is 4.39 Å². The van der Waals surface area contributed by atoms with Gasteiger partial charge >= 0.3 is 5.97 Å². The van der Waals surface area contributed by atoms with E-state index in [2.05, 4.69) is 4.98 Å². The zero-order chi connectivity index (χ0) is 17.6. The summed E-state index contributed by atoms with van der Waals surface area (Å²) in [5.74, 6) is -1.48. The van der Waals surface area contributed by atoms with Crippen LogP contribution in [0, 0.1) is 5.82 Å². The minimum absolute atomic E-state index is 0.195. The first-order valence-electron chi connectivity index (χ1n) is 7.48. The monoisotopic (exact) mass is 359 g/mol. The van der Waals surface area contributed by atoms with Crippen molar-refractivity contribution >= 4 is 33.3 Å². The van der Waals surface area contributed by atoms with Gasteiger partial charge in [-0.05, 0) is 36.4 Å². The minimum atomic E-state index is -0.642. The number of para-hydroxylation sites is 1. The van der Waals surface area contributed by atoms with Crippen molar-refractivity contribution in [2.75, 3.05) is 13.2 Å². The van der Waals surface area contributed by atoms with Gasteiger partial charge in [0, 0.05) is 5.56 Å². The van der Waals surface area contributed by atoms with Gasteiger partial charge in [-0.25, -0.2) is 14.2 Å². The predicted molar refractivity (Wildman–Crippen MR) is 91.0 cm³/mol. The van der Waals surface area contributed by atoms with Crippen molar-refractivity contribution < 1.29 is 23.5 Å². The van der Waals surface area contributed by atoms with Crippen molar-refractivity contribution in [1.29, 1.82) is 0 Å². The fourth-order valence-corrected chi connectivity index (χ4v) is 3.02. The lowest BCUT2D eigenvalue weighted by atomic mass is 10.1. The van der Waals surface area contributed by atoms with Crippen molar-refractivity contribution in [3.63, 3.8) is 0 Å². The standard InChI is InChI=1S/C18H14FNO4S/c19-13-7-5-12(6-8-13)15(21)9-24-18(22)11-23-10-17-20-14-3-1-2-4-16(14)25-17/h1-8H,9-11H2. The van der Waals surface area contributed by atoms with Crippen molar-refractivity contribution in [2.45, 2.75) is 6.61 Å². The van der Waals surface area contributed by atoms with E-state index in [1.54, 1.807) is 0 Å². The molecule has 1 aromatic heterocycles. The SMILES string of the molecule is O=C(COCc1nc2ccccc2s1)OCC(=O)c1ccc(F)cc1. The van der Waals surface area contributed by atoms with E-state index in [-0.39, 0.29) is 18.8 Å². The van der Waals surface area contributed by atoms with Crippen molar-refractivity contribution in [3.8, 4) is 0 Å². The maximum absolute atomic E-state index is 12.8. The number of carbonyl (C=O) groups excluding carboxylic acids is 2. The summed E-state index contributed by atoms with van der Waals surface area (Å²) in [5, 5.41) is 0.761. The van der Waals surface area contributed by atoms with Crippen molar-refractivity contribution in [1.82, 2.24) is 4.98 Å². The number of rotatable bonds is 7. The Kier molecular flexibility index (Phi) is 5.47. The molecule has 0 atom stereocenters. The third kappa shape index (κ3) is 4.68. The first kappa shape index (κ1) is 17.2. The predicted octanol–water partition coefficient (Wildman–Crippen LogP) is 3.38. The van der Waals surface area contributed by atoms with Crippen LogP contribution in [0.3, 0.4) is 0 Å². The van der Waals surface area contributed by atoms with E-state index in [0.29, 0.717) is 0 Å². The van der Waals surface area contributed by atoms with E-state index in [9.17, 15) is 14.0 Å². The third-order valence-corrected chi connectivity index (χ3v) is 4.32. The van der Waals surface area contributed by atoms with Gasteiger partial charge in [0.25, 0.3) is 0 Å². The van der Waals surface area contributed by atoms with E-state index < -0.39 is 24.2 Å². The number of nitrogens with zero attached hydrogens (tertiary/aromatic N) is 1. The highest BCUT2D eigenvalue weighted by molar-refractivity contribution is 7.18. The van der Waals surface area contributed by atoms with Crippen molar-refractivity contribution in [2.24, 2.45) is 0 Å². The van der Waals surface area contributed by atoms with Gasteiger partial charge in [0.05, 0.1) is 16.8 Å². The Balaban J connectivity index is 1.42. The molecule has 0 amide bonds. The quantitative estimate of drug-likeness (QED) is 0.478. The maximum atomic E-state index is 12.8. The summed E-state index contributed by atoms with van der Waals surface area (Å²) in [4.78, 5) is 27.8. The molecule has 0 unspecified atom stereocenters. The highest BCUT2D eigenvalue weighted by Crippen LogP contribution is 2.21. The number of fused-ring (bicyclic) bond motifs is 1. The lowest BCUT2D eigenvalue weighted by Gasteiger charge is -2.05. The zero-order valence-electron chi connectivity index (χ0n) is 13.1. The van der Waals surface area contributed by atoms with Crippen LogP contribution < -0.4 is 0 Å². The van der Waals surface area contributed by atoms with Crippen LogP contribution in [0.2, 0.25) is 0 Å². The summed E-state index contributed by atoms with van der Waals surface area (Å²) in [6.07, 6.45) is 0. The highest BCUT2D eigenvalue weighted by atomic mass is 32.1. The number of carbonyl (C=O) groups is 2. The smallest absolute Gasteiger partial charge is 0.332 e. The van der Waals surface area contributed by atoms with Crippen LogP contribution >= 0.6 is 11.3 Å². The molecule has 0 spiro atoms. The number of hydrogen-bond acceptors (Lipinski definition) is 6. The summed E-state index contributed by atoms with van der Waals surface area (Å²) >= 11 is 1.49. The summed E-state index contributed by atoms with van der Waals surface area (Å²) in [7, 11) is 0. The second-order valence-corrected chi connectivity index (χ2v) is 6.27. The van der Waals surface area contributed by atoms with Gasteiger partial charge in [0.2, 0.25) is 0 Å². The van der Waals surface area contributed by atoms with Gasteiger partial charge in [-0.15, -0.1) is 11.3 Å². The topological polar surface area (TPSA) is 65.5 Å². The average molecular weight is 359 g/mol. The second kappa shape index (κ2) is 7.96. The molecule has 7 heteroatoms. The van der Waals surface area contributed by atoms with Crippen LogP contribution in [0.25, 0.3) is 10.2 Å². The fourth-order valence-electron chi connectivity index (χ4n) is 2.11.